The molecule has 4 heteroatoms. The minimum atomic E-state index is -1.70. The third-order valence-electron chi connectivity index (χ3n) is 6.65. The van der Waals surface area contributed by atoms with Crippen molar-refractivity contribution in [3.63, 3.8) is 0 Å². The van der Waals surface area contributed by atoms with Crippen molar-refractivity contribution in [2.75, 3.05) is 13.9 Å². The van der Waals surface area contributed by atoms with Crippen LogP contribution in [0.15, 0.2) is 12.7 Å². The van der Waals surface area contributed by atoms with Crippen LogP contribution in [-0.4, -0.2) is 34.4 Å². The van der Waals surface area contributed by atoms with Gasteiger partial charge < -0.3 is 13.9 Å². The topological polar surface area (TPSA) is 27.7 Å². The van der Waals surface area contributed by atoms with Gasteiger partial charge in [-0.25, -0.2) is 0 Å². The predicted octanol–water partition coefficient (Wildman–Crippen LogP) is 5.38. The fourth-order valence-electron chi connectivity index (χ4n) is 4.30. The van der Waals surface area contributed by atoms with Gasteiger partial charge in [-0.3, -0.25) is 0 Å². The van der Waals surface area contributed by atoms with Crippen LogP contribution in [0, 0.1) is 17.8 Å². The van der Waals surface area contributed by atoms with Gasteiger partial charge >= 0.3 is 0 Å². The summed E-state index contributed by atoms with van der Waals surface area (Å²) in [5.41, 5.74) is 0. The lowest BCUT2D eigenvalue weighted by molar-refractivity contribution is -0.0730. The highest BCUT2D eigenvalue weighted by Crippen LogP contribution is 2.50. The molecule has 0 saturated heterocycles. The molecular formula is C20H38O3Si. The second-order valence-electron chi connectivity index (χ2n) is 9.28. The summed E-state index contributed by atoms with van der Waals surface area (Å²) in [7, 11) is -0.0239. The lowest BCUT2D eigenvalue weighted by atomic mass is 9.80. The highest BCUT2D eigenvalue weighted by molar-refractivity contribution is 6.74. The maximum Gasteiger partial charge on any atom is 0.192 e. The zero-order chi connectivity index (χ0) is 18.0. The van der Waals surface area contributed by atoms with Crippen molar-refractivity contribution >= 4 is 8.32 Å². The molecule has 0 N–H and O–H groups in total. The largest absolute Gasteiger partial charge is 0.414 e. The van der Waals surface area contributed by atoms with Crippen LogP contribution in [0.5, 0.6) is 0 Å². The van der Waals surface area contributed by atoms with E-state index >= 15 is 0 Å². The molecule has 0 amide bonds. The van der Waals surface area contributed by atoms with E-state index in [-0.39, 0.29) is 11.1 Å². The molecule has 0 aromatic heterocycles. The Morgan fingerprint density at radius 1 is 1.21 bits per heavy atom. The molecule has 2 aliphatic rings. The number of ether oxygens (including phenoxy) is 2. The average molecular weight is 355 g/mol. The summed E-state index contributed by atoms with van der Waals surface area (Å²) in [6.07, 6.45) is 8.89. The molecule has 5 atom stereocenters. The van der Waals surface area contributed by atoms with E-state index < -0.39 is 8.32 Å². The van der Waals surface area contributed by atoms with Crippen LogP contribution in [-0.2, 0) is 13.9 Å². The summed E-state index contributed by atoms with van der Waals surface area (Å²) in [5.74, 6) is 2.06. The Hall–Kier alpha value is -0.163. The minimum Gasteiger partial charge on any atom is -0.414 e. The molecule has 2 fully saturated rings. The first-order chi connectivity index (χ1) is 11.2. The van der Waals surface area contributed by atoms with Gasteiger partial charge in [0.2, 0.25) is 0 Å². The van der Waals surface area contributed by atoms with Crippen molar-refractivity contribution in [2.45, 2.75) is 83.2 Å². The summed E-state index contributed by atoms with van der Waals surface area (Å²) in [5, 5.41) is 0.281. The first kappa shape index (κ1) is 20.2. The maximum absolute atomic E-state index is 6.85. The summed E-state index contributed by atoms with van der Waals surface area (Å²) in [6.45, 7) is 16.1. The van der Waals surface area contributed by atoms with Gasteiger partial charge in [0.05, 0.1) is 6.10 Å². The molecular weight excluding hydrogens is 316 g/mol. The van der Waals surface area contributed by atoms with E-state index in [0.29, 0.717) is 24.7 Å². The Bertz CT molecular complexity index is 416. The Morgan fingerprint density at radius 3 is 2.50 bits per heavy atom. The molecule has 0 radical (unpaired) electrons. The Kier molecular flexibility index (Phi) is 6.74. The van der Waals surface area contributed by atoms with Gasteiger partial charge in [-0.1, -0.05) is 33.3 Å². The van der Waals surface area contributed by atoms with E-state index in [4.69, 9.17) is 13.9 Å². The van der Waals surface area contributed by atoms with Gasteiger partial charge in [0.25, 0.3) is 0 Å². The van der Waals surface area contributed by atoms with Crippen LogP contribution in [0.25, 0.3) is 0 Å². The van der Waals surface area contributed by atoms with E-state index in [1.54, 1.807) is 7.11 Å². The van der Waals surface area contributed by atoms with E-state index in [1.807, 2.05) is 6.08 Å². The molecule has 0 aromatic carbocycles. The molecule has 0 aliphatic heterocycles. The number of methoxy groups -OCH3 is 1. The first-order valence-electron chi connectivity index (χ1n) is 9.60. The zero-order valence-electron chi connectivity index (χ0n) is 16.6. The summed E-state index contributed by atoms with van der Waals surface area (Å²) < 4.78 is 17.8. The van der Waals surface area contributed by atoms with Crippen LogP contribution in [0.1, 0.15) is 52.9 Å². The third kappa shape index (κ3) is 4.51. The van der Waals surface area contributed by atoms with Crippen molar-refractivity contribution in [1.29, 1.82) is 0 Å². The fraction of sp³-hybridized carbons (Fsp3) is 0.900. The van der Waals surface area contributed by atoms with Crippen LogP contribution < -0.4 is 0 Å². The smallest absolute Gasteiger partial charge is 0.192 e. The van der Waals surface area contributed by atoms with E-state index in [2.05, 4.69) is 40.4 Å². The van der Waals surface area contributed by atoms with Crippen LogP contribution in [0.4, 0.5) is 0 Å². The van der Waals surface area contributed by atoms with Crippen molar-refractivity contribution in [2.24, 2.45) is 17.8 Å². The molecule has 0 spiro atoms. The molecule has 3 nitrogen and oxygen atoms in total. The van der Waals surface area contributed by atoms with Gasteiger partial charge in [0.15, 0.2) is 8.32 Å². The second kappa shape index (κ2) is 8.03. The Morgan fingerprint density at radius 2 is 1.92 bits per heavy atom. The van der Waals surface area contributed by atoms with Crippen LogP contribution >= 0.6 is 0 Å². The van der Waals surface area contributed by atoms with E-state index in [9.17, 15) is 0 Å². The normalized spacial score (nSPS) is 32.4. The highest BCUT2D eigenvalue weighted by atomic mass is 28.4. The molecule has 2 rings (SSSR count). The van der Waals surface area contributed by atoms with Gasteiger partial charge in [0, 0.05) is 13.2 Å². The number of hydrogen-bond acceptors (Lipinski definition) is 3. The van der Waals surface area contributed by atoms with Gasteiger partial charge in [-0.2, -0.15) is 0 Å². The molecule has 0 bridgehead atoms. The Labute approximate surface area is 150 Å². The first-order valence-corrected chi connectivity index (χ1v) is 12.5. The van der Waals surface area contributed by atoms with E-state index in [1.165, 1.54) is 32.1 Å². The highest BCUT2D eigenvalue weighted by Gasteiger charge is 2.47. The lowest BCUT2D eigenvalue weighted by Gasteiger charge is -2.44. The monoisotopic (exact) mass is 354 g/mol. The average Bonchev–Trinajstić information content (AvgIpc) is 2.91. The quantitative estimate of drug-likeness (QED) is 0.349. The SMILES string of the molecule is C=CC(OCOC)[C@@H]1C[C@@H]2CCC[C@H](O[Si](C)(C)C(C)(C)C)[C@@H]2C1. The summed E-state index contributed by atoms with van der Waals surface area (Å²) >= 11 is 0. The molecule has 0 aromatic rings. The van der Waals surface area contributed by atoms with Gasteiger partial charge in [0.1, 0.15) is 6.79 Å². The summed E-state index contributed by atoms with van der Waals surface area (Å²) in [4.78, 5) is 0. The standard InChI is InChI=1S/C20H38O3Si/c1-8-18(22-14-21-5)16-12-15-10-9-11-19(17(15)13-16)23-24(6,7)20(2,3)4/h8,15-19H,1,9-14H2,2-7H3/t15-,16+,17+,18?,19-/m0/s1. The van der Waals surface area contributed by atoms with Crippen LogP contribution in [0.3, 0.4) is 0 Å². The molecule has 140 valence electrons. The summed E-state index contributed by atoms with van der Waals surface area (Å²) in [6, 6.07) is 0. The van der Waals surface area contributed by atoms with Crippen LogP contribution in [0.2, 0.25) is 18.1 Å². The zero-order valence-corrected chi connectivity index (χ0v) is 17.6. The predicted molar refractivity (Wildman–Crippen MR) is 103 cm³/mol. The number of hydrogen-bond donors (Lipinski definition) is 0. The number of fused-ring (bicyclic) bond motifs is 1. The molecule has 24 heavy (non-hydrogen) atoms. The fourth-order valence-corrected chi connectivity index (χ4v) is 5.70. The molecule has 2 aliphatic carbocycles. The van der Waals surface area contributed by atoms with Crippen molar-refractivity contribution in [3.8, 4) is 0 Å². The Balaban J connectivity index is 2.03. The third-order valence-corrected chi connectivity index (χ3v) is 11.2. The number of rotatable bonds is 7. The minimum absolute atomic E-state index is 0.115. The second-order valence-corrected chi connectivity index (χ2v) is 14.0. The molecule has 1 unspecified atom stereocenters. The maximum atomic E-state index is 6.85. The lowest BCUT2D eigenvalue weighted by Crippen LogP contribution is -2.47. The molecule has 2 saturated carbocycles. The van der Waals surface area contributed by atoms with Gasteiger partial charge in [-0.05, 0) is 61.6 Å². The molecule has 0 heterocycles. The van der Waals surface area contributed by atoms with Crippen molar-refractivity contribution in [3.05, 3.63) is 12.7 Å². The van der Waals surface area contributed by atoms with Gasteiger partial charge in [-0.15, -0.1) is 6.58 Å². The van der Waals surface area contributed by atoms with Crippen molar-refractivity contribution in [1.82, 2.24) is 0 Å². The van der Waals surface area contributed by atoms with Crippen molar-refractivity contribution < 1.29 is 13.9 Å². The van der Waals surface area contributed by atoms with E-state index in [0.717, 1.165) is 5.92 Å².